The van der Waals surface area contributed by atoms with E-state index in [2.05, 4.69) is 27.7 Å². The molecule has 0 aromatic heterocycles. The molecule has 1 aliphatic rings. The molecular formula is C20H42. The van der Waals surface area contributed by atoms with Gasteiger partial charge in [0.2, 0.25) is 0 Å². The molecule has 122 valence electrons. The van der Waals surface area contributed by atoms with Crippen molar-refractivity contribution >= 4 is 0 Å². The van der Waals surface area contributed by atoms with Crippen LogP contribution in [0.2, 0.25) is 0 Å². The van der Waals surface area contributed by atoms with Crippen LogP contribution in [0.15, 0.2) is 0 Å². The summed E-state index contributed by atoms with van der Waals surface area (Å²) < 4.78 is 0. The van der Waals surface area contributed by atoms with Crippen molar-refractivity contribution in [1.82, 2.24) is 0 Å². The van der Waals surface area contributed by atoms with Crippen molar-refractivity contribution in [2.45, 2.75) is 106 Å². The maximum Gasteiger partial charge on any atom is -0.0414 e. The summed E-state index contributed by atoms with van der Waals surface area (Å²) >= 11 is 0. The van der Waals surface area contributed by atoms with Crippen LogP contribution in [-0.4, -0.2) is 0 Å². The Balaban J connectivity index is 0.00000172. The van der Waals surface area contributed by atoms with E-state index in [0.29, 0.717) is 0 Å². The zero-order chi connectivity index (χ0) is 15.4. The van der Waals surface area contributed by atoms with Gasteiger partial charge in [-0.3, -0.25) is 0 Å². The molecular weight excluding hydrogens is 240 g/mol. The van der Waals surface area contributed by atoms with E-state index in [9.17, 15) is 0 Å². The third-order valence-corrected chi connectivity index (χ3v) is 4.92. The van der Waals surface area contributed by atoms with Crippen molar-refractivity contribution in [2.75, 3.05) is 0 Å². The molecule has 1 fully saturated rings. The van der Waals surface area contributed by atoms with Crippen LogP contribution in [0.1, 0.15) is 106 Å². The summed E-state index contributed by atoms with van der Waals surface area (Å²) in [5.74, 6) is 3.94. The summed E-state index contributed by atoms with van der Waals surface area (Å²) in [5.41, 5.74) is 0. The molecule has 0 bridgehead atoms. The van der Waals surface area contributed by atoms with E-state index in [-0.39, 0.29) is 0 Å². The predicted octanol–water partition coefficient (Wildman–Crippen LogP) is 7.47. The minimum atomic E-state index is 0.890. The highest BCUT2D eigenvalue weighted by molar-refractivity contribution is 4.70. The van der Waals surface area contributed by atoms with Crippen molar-refractivity contribution in [3.63, 3.8) is 0 Å². The molecule has 0 nitrogen and oxygen atoms in total. The van der Waals surface area contributed by atoms with E-state index >= 15 is 0 Å². The minimum absolute atomic E-state index is 0.890. The van der Waals surface area contributed by atoms with Gasteiger partial charge in [0.25, 0.3) is 0 Å². The smallest absolute Gasteiger partial charge is 0.0414 e. The summed E-state index contributed by atoms with van der Waals surface area (Å²) in [6.45, 7) is 13.6. The zero-order valence-corrected chi connectivity index (χ0v) is 15.4. The molecule has 0 aromatic carbocycles. The first kappa shape index (κ1) is 20.0. The lowest BCUT2D eigenvalue weighted by atomic mass is 9.80. The molecule has 0 heteroatoms. The number of rotatable bonds is 8. The molecule has 0 saturated heterocycles. The lowest BCUT2D eigenvalue weighted by Gasteiger charge is -2.26. The molecule has 1 saturated carbocycles. The zero-order valence-electron chi connectivity index (χ0n) is 15.4. The highest BCUT2D eigenvalue weighted by Crippen LogP contribution is 2.32. The first-order chi connectivity index (χ1) is 9.58. The number of hydrogen-bond donors (Lipinski definition) is 0. The van der Waals surface area contributed by atoms with E-state index in [4.69, 9.17) is 0 Å². The molecule has 0 aromatic rings. The minimum Gasteiger partial charge on any atom is -0.0683 e. The Kier molecular flexibility index (Phi) is 12.7. The first-order valence-corrected chi connectivity index (χ1v) is 9.58. The fourth-order valence-electron chi connectivity index (χ4n) is 3.39. The second kappa shape index (κ2) is 12.7. The van der Waals surface area contributed by atoms with E-state index < -0.39 is 0 Å². The lowest BCUT2D eigenvalue weighted by molar-refractivity contribution is 0.266. The molecule has 0 aliphatic heterocycles. The van der Waals surface area contributed by atoms with Crippen LogP contribution < -0.4 is 0 Å². The first-order valence-electron chi connectivity index (χ1n) is 9.58. The fraction of sp³-hybridized carbons (Fsp3) is 1.00. The van der Waals surface area contributed by atoms with Crippen LogP contribution >= 0.6 is 0 Å². The molecule has 1 atom stereocenters. The lowest BCUT2D eigenvalue weighted by Crippen LogP contribution is -2.12. The molecule has 0 heterocycles. The van der Waals surface area contributed by atoms with Gasteiger partial charge in [0, 0.05) is 0 Å². The van der Waals surface area contributed by atoms with Gasteiger partial charge < -0.3 is 0 Å². The molecule has 0 N–H and O–H groups in total. The number of hydrogen-bond acceptors (Lipinski definition) is 0. The van der Waals surface area contributed by atoms with Crippen LogP contribution in [0, 0.1) is 23.7 Å². The van der Waals surface area contributed by atoms with Crippen LogP contribution in [0.4, 0.5) is 0 Å². The standard InChI is InChI=1S/C18H36.C2H6/c1-15(2)7-5-8-16(3)9-6-10-18-13-11-17(4)12-14-18;1-2/h15-18H,5-14H2,1-4H3;1-2H3. The Morgan fingerprint density at radius 1 is 0.800 bits per heavy atom. The highest BCUT2D eigenvalue weighted by atomic mass is 14.2. The molecule has 0 spiro atoms. The van der Waals surface area contributed by atoms with Gasteiger partial charge in [-0.1, -0.05) is 106 Å². The maximum absolute atomic E-state index is 2.46. The van der Waals surface area contributed by atoms with E-state index in [1.807, 2.05) is 13.8 Å². The summed E-state index contributed by atoms with van der Waals surface area (Å²) in [6, 6.07) is 0. The summed E-state index contributed by atoms with van der Waals surface area (Å²) in [4.78, 5) is 0. The largest absolute Gasteiger partial charge is 0.0683 e. The van der Waals surface area contributed by atoms with E-state index in [1.165, 1.54) is 64.2 Å². The molecule has 1 aliphatic carbocycles. The monoisotopic (exact) mass is 282 g/mol. The van der Waals surface area contributed by atoms with Gasteiger partial charge in [-0.25, -0.2) is 0 Å². The molecule has 1 unspecified atom stereocenters. The molecule has 1 rings (SSSR count). The van der Waals surface area contributed by atoms with E-state index in [0.717, 1.165) is 23.7 Å². The molecule has 0 radical (unpaired) electrons. The Labute approximate surface area is 130 Å². The van der Waals surface area contributed by atoms with Gasteiger partial charge in [-0.2, -0.15) is 0 Å². The van der Waals surface area contributed by atoms with Crippen LogP contribution in [0.25, 0.3) is 0 Å². The normalized spacial score (nSPS) is 24.1. The van der Waals surface area contributed by atoms with E-state index in [1.54, 1.807) is 0 Å². The van der Waals surface area contributed by atoms with Gasteiger partial charge in [-0.15, -0.1) is 0 Å². The van der Waals surface area contributed by atoms with Gasteiger partial charge in [0.05, 0.1) is 0 Å². The topological polar surface area (TPSA) is 0 Å². The summed E-state index contributed by atoms with van der Waals surface area (Å²) in [5, 5.41) is 0. The Bertz CT molecular complexity index is 186. The van der Waals surface area contributed by atoms with Crippen LogP contribution in [0.3, 0.4) is 0 Å². The van der Waals surface area contributed by atoms with Gasteiger partial charge in [0.15, 0.2) is 0 Å². The van der Waals surface area contributed by atoms with Crippen molar-refractivity contribution in [1.29, 1.82) is 0 Å². The quantitative estimate of drug-likeness (QED) is 0.433. The average molecular weight is 283 g/mol. The second-order valence-corrected chi connectivity index (χ2v) is 7.49. The summed E-state index contributed by atoms with van der Waals surface area (Å²) in [7, 11) is 0. The van der Waals surface area contributed by atoms with Crippen LogP contribution in [-0.2, 0) is 0 Å². The predicted molar refractivity (Wildman–Crippen MR) is 94.2 cm³/mol. The Morgan fingerprint density at radius 2 is 1.35 bits per heavy atom. The van der Waals surface area contributed by atoms with Gasteiger partial charge >= 0.3 is 0 Å². The Hall–Kier alpha value is 0. The Morgan fingerprint density at radius 3 is 1.90 bits per heavy atom. The summed E-state index contributed by atoms with van der Waals surface area (Å²) in [6.07, 6.45) is 14.8. The van der Waals surface area contributed by atoms with Crippen molar-refractivity contribution in [2.24, 2.45) is 23.7 Å². The van der Waals surface area contributed by atoms with Gasteiger partial charge in [-0.05, 0) is 23.7 Å². The third kappa shape index (κ3) is 10.7. The SMILES string of the molecule is CC.CC(C)CCCC(C)CCCC1CCC(C)CC1. The molecule has 0 amide bonds. The third-order valence-electron chi connectivity index (χ3n) is 4.92. The van der Waals surface area contributed by atoms with Crippen molar-refractivity contribution in [3.8, 4) is 0 Å². The van der Waals surface area contributed by atoms with Crippen molar-refractivity contribution < 1.29 is 0 Å². The fourth-order valence-corrected chi connectivity index (χ4v) is 3.39. The second-order valence-electron chi connectivity index (χ2n) is 7.49. The highest BCUT2D eigenvalue weighted by Gasteiger charge is 2.17. The van der Waals surface area contributed by atoms with Crippen molar-refractivity contribution in [3.05, 3.63) is 0 Å². The average Bonchev–Trinajstić information content (AvgIpc) is 2.43. The molecule has 20 heavy (non-hydrogen) atoms. The van der Waals surface area contributed by atoms with Crippen LogP contribution in [0.5, 0.6) is 0 Å². The maximum atomic E-state index is 2.46. The van der Waals surface area contributed by atoms with Gasteiger partial charge in [0.1, 0.15) is 0 Å².